The summed E-state index contributed by atoms with van der Waals surface area (Å²) in [7, 11) is -0.879. The molecule has 0 radical (unpaired) electrons. The molecule has 3 saturated heterocycles. The maximum Gasteiger partial charge on any atom is 0.264 e. The van der Waals surface area contributed by atoms with Crippen molar-refractivity contribution < 1.29 is 29.0 Å². The number of methoxy groups -OCH3 is 1. The van der Waals surface area contributed by atoms with Gasteiger partial charge in [0.05, 0.1) is 53.2 Å². The van der Waals surface area contributed by atoms with E-state index in [2.05, 4.69) is 54.5 Å². The van der Waals surface area contributed by atoms with Gasteiger partial charge < -0.3 is 34.6 Å². The number of para-hydroxylation sites is 2. The molecule has 4 heterocycles. The fourth-order valence-electron chi connectivity index (χ4n) is 11.3. The number of piperidine rings is 1. The Morgan fingerprint density at radius 3 is 2.20 bits per heavy atom. The zero-order valence-corrected chi connectivity index (χ0v) is 38.3. The summed E-state index contributed by atoms with van der Waals surface area (Å²) >= 11 is 0. The van der Waals surface area contributed by atoms with Gasteiger partial charge in [0.1, 0.15) is 11.3 Å². The van der Waals surface area contributed by atoms with Crippen molar-refractivity contribution >= 4 is 48.0 Å². The summed E-state index contributed by atoms with van der Waals surface area (Å²) in [6.07, 6.45) is 0.914. The van der Waals surface area contributed by atoms with Gasteiger partial charge in [-0.2, -0.15) is 0 Å². The maximum absolute atomic E-state index is 15.6. The number of rotatable bonds is 13. The van der Waals surface area contributed by atoms with Crippen molar-refractivity contribution in [3.63, 3.8) is 0 Å². The lowest BCUT2D eigenvalue weighted by Gasteiger charge is -2.39. The van der Waals surface area contributed by atoms with Crippen molar-refractivity contribution in [2.45, 2.75) is 75.2 Å². The highest BCUT2D eigenvalue weighted by atomic mass is 28.3. The smallest absolute Gasteiger partial charge is 0.264 e. The molecule has 9 rings (SSSR count). The molecule has 0 bridgehead atoms. The van der Waals surface area contributed by atoms with Gasteiger partial charge in [-0.1, -0.05) is 116 Å². The summed E-state index contributed by atoms with van der Waals surface area (Å²) in [5.41, 5.74) is 3.16. The molecule has 11 nitrogen and oxygen atoms in total. The number of ether oxygens (including phenoxy) is 2. The monoisotopic (exact) mass is 877 g/mol. The van der Waals surface area contributed by atoms with E-state index in [1.165, 1.54) is 5.19 Å². The molecule has 0 aromatic heterocycles. The maximum atomic E-state index is 15.6. The second-order valence-corrected chi connectivity index (χ2v) is 23.1. The van der Waals surface area contributed by atoms with Crippen LogP contribution in [-0.4, -0.2) is 87.5 Å². The van der Waals surface area contributed by atoms with Crippen LogP contribution in [0.15, 0.2) is 133 Å². The number of benzene rings is 5. The van der Waals surface area contributed by atoms with Crippen molar-refractivity contribution in [1.29, 1.82) is 0 Å². The minimum Gasteiger partial charge on any atom is -0.497 e. The van der Waals surface area contributed by atoms with Crippen LogP contribution >= 0.6 is 0 Å². The molecule has 64 heavy (non-hydrogen) atoms. The van der Waals surface area contributed by atoms with Gasteiger partial charge in [0, 0.05) is 35.9 Å². The second-order valence-electron chi connectivity index (χ2n) is 18.4. The number of nitrogens with one attached hydrogen (secondary N) is 1. The fourth-order valence-corrected chi connectivity index (χ4v) is 15.3. The second kappa shape index (κ2) is 17.6. The summed E-state index contributed by atoms with van der Waals surface area (Å²) < 4.78 is 12.9. The van der Waals surface area contributed by atoms with Crippen molar-refractivity contribution in [2.24, 2.45) is 5.92 Å². The van der Waals surface area contributed by atoms with Gasteiger partial charge in [-0.25, -0.2) is 0 Å². The van der Waals surface area contributed by atoms with Gasteiger partial charge in [0.25, 0.3) is 11.8 Å². The lowest BCUT2D eigenvalue weighted by Crippen LogP contribution is -2.55. The Kier molecular flexibility index (Phi) is 12.0. The summed E-state index contributed by atoms with van der Waals surface area (Å²) in [5.74, 6) is 0.288. The van der Waals surface area contributed by atoms with Gasteiger partial charge in [0.2, 0.25) is 5.91 Å². The summed E-state index contributed by atoms with van der Waals surface area (Å²) in [6, 6.07) is 44.2. The number of anilines is 3. The summed E-state index contributed by atoms with van der Waals surface area (Å²) in [6.45, 7) is 9.38. The quantitative estimate of drug-likeness (QED) is 0.124. The van der Waals surface area contributed by atoms with Crippen LogP contribution in [0.1, 0.15) is 42.9 Å². The normalized spacial score (nSPS) is 22.7. The molecular weight excluding hydrogens is 819 g/mol. The minimum absolute atomic E-state index is 0.0646. The predicted octanol–water partition coefficient (Wildman–Crippen LogP) is 6.80. The molecule has 4 aliphatic heterocycles. The molecule has 0 unspecified atom stereocenters. The fraction of sp³-hybridized carbons (Fsp3) is 0.365. The number of hydrogen-bond donors (Lipinski definition) is 2. The number of carbonyl (C=O) groups is 3. The number of aliphatic hydroxyl groups excluding tert-OH is 1. The topological polar surface area (TPSA) is 115 Å². The molecule has 3 fully saturated rings. The van der Waals surface area contributed by atoms with Crippen LogP contribution in [0.4, 0.5) is 17.1 Å². The molecule has 0 aliphatic carbocycles. The Morgan fingerprint density at radius 2 is 1.50 bits per heavy atom. The van der Waals surface area contributed by atoms with Gasteiger partial charge in [0.15, 0.2) is 5.60 Å². The van der Waals surface area contributed by atoms with E-state index in [0.29, 0.717) is 26.1 Å². The number of amides is 3. The van der Waals surface area contributed by atoms with Crippen LogP contribution in [0.5, 0.6) is 5.75 Å². The minimum atomic E-state index is -2.54. The number of carbonyl (C=O) groups excluding carboxylic acids is 3. The third-order valence-electron chi connectivity index (χ3n) is 14.6. The Bertz CT molecular complexity index is 2480. The molecule has 5 aromatic rings. The van der Waals surface area contributed by atoms with Gasteiger partial charge in [-0.05, 0) is 85.1 Å². The van der Waals surface area contributed by atoms with E-state index in [4.69, 9.17) is 9.47 Å². The van der Waals surface area contributed by atoms with E-state index < -0.39 is 25.3 Å². The zero-order valence-electron chi connectivity index (χ0n) is 37.3. The van der Waals surface area contributed by atoms with Crippen LogP contribution in [0.25, 0.3) is 0 Å². The van der Waals surface area contributed by atoms with Crippen molar-refractivity contribution in [3.05, 3.63) is 150 Å². The lowest BCUT2D eigenvalue weighted by atomic mass is 9.82. The molecule has 12 heteroatoms. The van der Waals surface area contributed by atoms with E-state index >= 15 is 4.79 Å². The first kappa shape index (κ1) is 43.5. The van der Waals surface area contributed by atoms with Crippen LogP contribution in [0.3, 0.4) is 0 Å². The summed E-state index contributed by atoms with van der Waals surface area (Å²) in [4.78, 5) is 52.4. The molecular formula is C52H59N5O6Si. The Labute approximate surface area is 377 Å². The third kappa shape index (κ3) is 7.49. The van der Waals surface area contributed by atoms with Crippen molar-refractivity contribution in [2.75, 3.05) is 54.7 Å². The van der Waals surface area contributed by atoms with Crippen LogP contribution in [0.2, 0.25) is 18.6 Å². The molecule has 2 N–H and O–H groups in total. The molecule has 332 valence electrons. The molecule has 0 saturated carbocycles. The standard InChI is InChI=1S/C52H59N5O6Si/c1-37-48(64(3,4)43-24-22-42(62-2)23-25-43)46(33-47(59)54(30-31-58)34-38-14-7-5-8-15-38)63-52(37)44-20-11-12-21-45(44)55(50(52)61)35-39-16-13-19-41(32-39)56-36-57(40-17-9-6-10-18-40)51(49(56)60)26-28-53-29-27-51/h5-25,32,37,46,48,53,58H,26-31,33-36H2,1-4H3/t37-,46+,48-,52+/m1/s1. The third-order valence-corrected chi connectivity index (χ3v) is 18.9. The Morgan fingerprint density at radius 1 is 0.844 bits per heavy atom. The largest absolute Gasteiger partial charge is 0.497 e. The van der Waals surface area contributed by atoms with Gasteiger partial charge in [-0.3, -0.25) is 19.3 Å². The van der Waals surface area contributed by atoms with Crippen molar-refractivity contribution in [3.8, 4) is 5.75 Å². The SMILES string of the molecule is COc1ccc([Si](C)(C)[C@H]2[C@H](CC(=O)N(CCO)Cc3ccccc3)O[C@@]3(C(=O)N(Cc4cccc(N5CN(c6ccccc6)C6(CCNCC6)C5=O)c4)c4ccccc43)[C@@H]2C)cc1. The number of aliphatic hydroxyl groups is 1. The first-order valence-corrected chi connectivity index (χ1v) is 25.7. The highest BCUT2D eigenvalue weighted by molar-refractivity contribution is 6.91. The van der Waals surface area contributed by atoms with E-state index in [1.807, 2.05) is 119 Å². The highest BCUT2D eigenvalue weighted by Gasteiger charge is 2.66. The number of fused-ring (bicyclic) bond motifs is 2. The van der Waals surface area contributed by atoms with E-state index in [9.17, 15) is 14.7 Å². The van der Waals surface area contributed by atoms with E-state index in [1.54, 1.807) is 12.0 Å². The Hall–Kier alpha value is -5.79. The van der Waals surface area contributed by atoms with Crippen LogP contribution in [0, 0.1) is 5.92 Å². The van der Waals surface area contributed by atoms with Gasteiger partial charge >= 0.3 is 0 Å². The molecule has 3 amide bonds. The first-order chi connectivity index (χ1) is 31.0. The molecule has 5 aromatic carbocycles. The molecule has 2 spiro atoms. The van der Waals surface area contributed by atoms with E-state index in [-0.39, 0.29) is 55.3 Å². The van der Waals surface area contributed by atoms with Crippen LogP contribution < -0.4 is 29.9 Å². The molecule has 4 aliphatic rings. The molecule has 4 atom stereocenters. The van der Waals surface area contributed by atoms with Gasteiger partial charge in [-0.15, -0.1) is 0 Å². The Balaban J connectivity index is 1.05. The zero-order chi connectivity index (χ0) is 44.6. The van der Waals surface area contributed by atoms with E-state index in [0.717, 1.165) is 52.6 Å². The number of nitrogens with zero attached hydrogens (tertiary/aromatic N) is 4. The summed E-state index contributed by atoms with van der Waals surface area (Å²) in [5, 5.41) is 14.7. The van der Waals surface area contributed by atoms with Crippen LogP contribution in [-0.2, 0) is 37.8 Å². The first-order valence-electron chi connectivity index (χ1n) is 22.6. The predicted molar refractivity (Wildman–Crippen MR) is 253 cm³/mol. The van der Waals surface area contributed by atoms with Crippen molar-refractivity contribution in [1.82, 2.24) is 10.2 Å². The lowest BCUT2D eigenvalue weighted by molar-refractivity contribution is -0.150. The highest BCUT2D eigenvalue weighted by Crippen LogP contribution is 2.60. The average Bonchev–Trinajstić information content (AvgIpc) is 3.87. The number of hydrogen-bond acceptors (Lipinski definition) is 8. The average molecular weight is 878 g/mol.